The van der Waals surface area contributed by atoms with E-state index in [0.29, 0.717) is 31.1 Å². The highest BCUT2D eigenvalue weighted by molar-refractivity contribution is 7.89. The summed E-state index contributed by atoms with van der Waals surface area (Å²) in [7, 11) is -3.63. The normalized spacial score (nSPS) is 17.2. The Morgan fingerprint density at radius 2 is 1.63 bits per heavy atom. The summed E-state index contributed by atoms with van der Waals surface area (Å²) in [6, 6.07) is 7.07. The van der Waals surface area contributed by atoms with Gasteiger partial charge < -0.3 is 20.2 Å². The van der Waals surface area contributed by atoms with Crippen LogP contribution in [0.25, 0.3) is 0 Å². The topological polar surface area (TPSA) is 110 Å². The average Bonchev–Trinajstić information content (AvgIpc) is 3.33. The number of amides is 1. The van der Waals surface area contributed by atoms with Crippen molar-refractivity contribution in [2.24, 2.45) is 0 Å². The molecular weight excluding hydrogens is 489 g/mol. The van der Waals surface area contributed by atoms with Crippen LogP contribution in [0.5, 0.6) is 0 Å². The van der Waals surface area contributed by atoms with Crippen molar-refractivity contribution in [3.05, 3.63) is 29.8 Å². The van der Waals surface area contributed by atoms with Crippen molar-refractivity contribution in [3.63, 3.8) is 0 Å². The lowest BCUT2D eigenvalue weighted by Crippen LogP contribution is -2.47. The number of piperazine rings is 1. The van der Waals surface area contributed by atoms with Crippen LogP contribution in [0.4, 0.5) is 13.2 Å². The summed E-state index contributed by atoms with van der Waals surface area (Å²) in [5.74, 6) is -2.72. The molecule has 1 aromatic carbocycles. The highest BCUT2D eigenvalue weighted by Crippen LogP contribution is 2.20. The molecule has 198 valence electrons. The van der Waals surface area contributed by atoms with E-state index < -0.39 is 22.2 Å². The number of aryl methyl sites for hydroxylation is 1. The van der Waals surface area contributed by atoms with E-state index in [0.717, 1.165) is 31.7 Å². The summed E-state index contributed by atoms with van der Waals surface area (Å²) in [5, 5.41) is 10.4. The Kier molecular flexibility index (Phi) is 10.9. The molecule has 0 atom stereocenters. The SMILES string of the molecule is Cc1ccccc1S(=O)(=O)N(CCC(=O)N1CCNCC1)CCN1CCCC1.O=C(O)C(F)(F)F. The van der Waals surface area contributed by atoms with Crippen LogP contribution >= 0.6 is 0 Å². The highest BCUT2D eigenvalue weighted by Gasteiger charge is 2.38. The van der Waals surface area contributed by atoms with E-state index >= 15 is 0 Å². The minimum atomic E-state index is -5.08. The first-order valence-electron chi connectivity index (χ1n) is 11.5. The van der Waals surface area contributed by atoms with Gasteiger partial charge in [0.2, 0.25) is 15.9 Å². The number of aliphatic carboxylic acids is 1. The zero-order chi connectivity index (χ0) is 26.1. The number of benzene rings is 1. The Morgan fingerprint density at radius 1 is 1.06 bits per heavy atom. The van der Waals surface area contributed by atoms with Crippen LogP contribution in [0.3, 0.4) is 0 Å². The molecule has 0 spiro atoms. The van der Waals surface area contributed by atoms with Gasteiger partial charge in [-0.25, -0.2) is 13.2 Å². The van der Waals surface area contributed by atoms with Gasteiger partial charge in [0, 0.05) is 52.2 Å². The number of sulfonamides is 1. The zero-order valence-corrected chi connectivity index (χ0v) is 20.6. The molecule has 2 fully saturated rings. The Balaban J connectivity index is 0.000000540. The number of carboxylic acid groups (broad SMARTS) is 1. The van der Waals surface area contributed by atoms with Gasteiger partial charge in [-0.2, -0.15) is 17.5 Å². The molecule has 1 aromatic rings. The van der Waals surface area contributed by atoms with E-state index in [2.05, 4.69) is 10.2 Å². The van der Waals surface area contributed by atoms with Gasteiger partial charge in [-0.15, -0.1) is 0 Å². The van der Waals surface area contributed by atoms with Crippen molar-refractivity contribution in [1.29, 1.82) is 0 Å². The minimum absolute atomic E-state index is 0.0349. The fourth-order valence-corrected chi connectivity index (χ4v) is 5.55. The first kappa shape index (κ1) is 29.0. The molecule has 2 heterocycles. The van der Waals surface area contributed by atoms with Crippen molar-refractivity contribution in [1.82, 2.24) is 19.4 Å². The molecule has 13 heteroatoms. The molecule has 0 aliphatic carbocycles. The predicted molar refractivity (Wildman–Crippen MR) is 123 cm³/mol. The second-order valence-corrected chi connectivity index (χ2v) is 10.3. The minimum Gasteiger partial charge on any atom is -0.475 e. The van der Waals surface area contributed by atoms with Gasteiger partial charge in [-0.1, -0.05) is 18.2 Å². The first-order chi connectivity index (χ1) is 16.4. The van der Waals surface area contributed by atoms with Crippen molar-refractivity contribution in [3.8, 4) is 0 Å². The summed E-state index contributed by atoms with van der Waals surface area (Å²) in [5.41, 5.74) is 0.738. The van der Waals surface area contributed by atoms with E-state index in [9.17, 15) is 26.4 Å². The van der Waals surface area contributed by atoms with E-state index in [-0.39, 0.29) is 18.9 Å². The van der Waals surface area contributed by atoms with Crippen LogP contribution in [0.15, 0.2) is 29.2 Å². The summed E-state index contributed by atoms with van der Waals surface area (Å²) in [4.78, 5) is 25.9. The second-order valence-electron chi connectivity index (χ2n) is 8.40. The average molecular weight is 523 g/mol. The molecule has 3 rings (SSSR count). The lowest BCUT2D eigenvalue weighted by molar-refractivity contribution is -0.192. The van der Waals surface area contributed by atoms with Crippen LogP contribution in [-0.4, -0.2) is 105 Å². The quantitative estimate of drug-likeness (QED) is 0.533. The monoisotopic (exact) mass is 522 g/mol. The summed E-state index contributed by atoms with van der Waals surface area (Å²) >= 11 is 0. The van der Waals surface area contributed by atoms with E-state index in [1.807, 2.05) is 24.0 Å². The van der Waals surface area contributed by atoms with Crippen LogP contribution in [0, 0.1) is 6.92 Å². The smallest absolute Gasteiger partial charge is 0.475 e. The summed E-state index contributed by atoms with van der Waals surface area (Å²) in [6.07, 6.45) is -2.51. The predicted octanol–water partition coefficient (Wildman–Crippen LogP) is 1.54. The summed E-state index contributed by atoms with van der Waals surface area (Å²) < 4.78 is 59.9. The molecule has 0 aromatic heterocycles. The molecule has 0 unspecified atom stereocenters. The Labute approximate surface area is 203 Å². The Hall–Kier alpha value is -2.22. The van der Waals surface area contributed by atoms with Crippen molar-refractivity contribution >= 4 is 21.9 Å². The first-order valence-corrected chi connectivity index (χ1v) is 12.9. The number of carbonyl (C=O) groups excluding carboxylic acids is 1. The number of halogens is 3. The van der Waals surface area contributed by atoms with Gasteiger partial charge >= 0.3 is 12.1 Å². The maximum atomic E-state index is 13.3. The molecule has 35 heavy (non-hydrogen) atoms. The van der Waals surface area contributed by atoms with Crippen molar-refractivity contribution in [2.75, 3.05) is 58.9 Å². The molecule has 2 aliphatic heterocycles. The number of hydrogen-bond donors (Lipinski definition) is 2. The van der Waals surface area contributed by atoms with E-state index in [4.69, 9.17) is 9.90 Å². The number of nitrogens with zero attached hydrogens (tertiary/aromatic N) is 3. The van der Waals surface area contributed by atoms with Crippen molar-refractivity contribution in [2.45, 2.75) is 37.3 Å². The highest BCUT2D eigenvalue weighted by atomic mass is 32.2. The number of rotatable bonds is 8. The lowest BCUT2D eigenvalue weighted by Gasteiger charge is -2.29. The maximum absolute atomic E-state index is 13.3. The number of carbonyl (C=O) groups is 2. The molecule has 9 nitrogen and oxygen atoms in total. The van der Waals surface area contributed by atoms with Gasteiger partial charge in [-0.3, -0.25) is 4.79 Å². The van der Waals surface area contributed by atoms with E-state index in [1.165, 1.54) is 17.1 Å². The number of likely N-dealkylation sites (tertiary alicyclic amines) is 1. The van der Waals surface area contributed by atoms with Gasteiger partial charge in [0.1, 0.15) is 0 Å². The number of nitrogens with one attached hydrogen (secondary N) is 1. The van der Waals surface area contributed by atoms with Crippen LogP contribution in [0.2, 0.25) is 0 Å². The second kappa shape index (κ2) is 13.2. The zero-order valence-electron chi connectivity index (χ0n) is 19.8. The number of hydrogen-bond acceptors (Lipinski definition) is 6. The largest absolute Gasteiger partial charge is 0.490 e. The number of carboxylic acids is 1. The van der Waals surface area contributed by atoms with Crippen molar-refractivity contribution < 1.29 is 36.3 Å². The molecular formula is C22H33F3N4O5S. The van der Waals surface area contributed by atoms with Crippen LogP contribution in [-0.2, 0) is 19.6 Å². The van der Waals surface area contributed by atoms with Gasteiger partial charge in [-0.05, 0) is 44.5 Å². The van der Waals surface area contributed by atoms with E-state index in [1.54, 1.807) is 12.1 Å². The molecule has 2 saturated heterocycles. The third-order valence-electron chi connectivity index (χ3n) is 5.86. The fraction of sp³-hybridized carbons (Fsp3) is 0.636. The Morgan fingerprint density at radius 3 is 2.17 bits per heavy atom. The van der Waals surface area contributed by atoms with Gasteiger partial charge in [0.15, 0.2) is 0 Å². The molecule has 2 aliphatic rings. The Bertz CT molecular complexity index is 947. The molecule has 0 radical (unpaired) electrons. The standard InChI is InChI=1S/C20H32N4O3S.C2HF3O2/c1-18-6-2-3-7-19(18)28(26,27)24(17-16-22-11-4-5-12-22)13-8-20(25)23-14-9-21-10-15-23;3-2(4,5)1(6)7/h2-3,6-7,21H,4-5,8-17H2,1H3;(H,6,7). The van der Waals surface area contributed by atoms with Gasteiger partial charge in [0.25, 0.3) is 0 Å². The fourth-order valence-electron chi connectivity index (χ4n) is 3.89. The van der Waals surface area contributed by atoms with Crippen LogP contribution in [0.1, 0.15) is 24.8 Å². The molecule has 0 bridgehead atoms. The third kappa shape index (κ3) is 9.06. The molecule has 2 N–H and O–H groups in total. The maximum Gasteiger partial charge on any atom is 0.490 e. The molecule has 1 amide bonds. The van der Waals surface area contributed by atoms with Gasteiger partial charge in [0.05, 0.1) is 4.90 Å². The van der Waals surface area contributed by atoms with Crippen LogP contribution < -0.4 is 5.32 Å². The summed E-state index contributed by atoms with van der Waals surface area (Å²) in [6.45, 7) is 8.21. The lowest BCUT2D eigenvalue weighted by atomic mass is 10.2. The number of alkyl halides is 3. The molecule has 0 saturated carbocycles. The third-order valence-corrected chi connectivity index (χ3v) is 7.92.